The van der Waals surface area contributed by atoms with Crippen molar-refractivity contribution in [2.45, 2.75) is 0 Å². The quantitative estimate of drug-likeness (QED) is 0.508. The first-order valence-electron chi connectivity index (χ1n) is 7.13. The molecular weight excluding hydrogens is 311 g/mol. The smallest absolute Gasteiger partial charge is 0.123 e. The number of anilines is 1. The van der Waals surface area contributed by atoms with Crippen LogP contribution in [0.5, 0.6) is 0 Å². The monoisotopic (exact) mass is 324 g/mol. The number of nitrogens with zero attached hydrogens (tertiary/aromatic N) is 1. The van der Waals surface area contributed by atoms with Gasteiger partial charge in [-0.05, 0) is 36.4 Å². The average Bonchev–Trinajstić information content (AvgIpc) is 2.59. The molecule has 1 N–H and O–H groups in total. The molecular formula is C19H14ClFN2. The molecule has 23 heavy (non-hydrogen) atoms. The molecule has 0 fully saturated rings. The van der Waals surface area contributed by atoms with Gasteiger partial charge in [-0.2, -0.15) is 5.10 Å². The van der Waals surface area contributed by atoms with Crippen molar-refractivity contribution < 1.29 is 4.39 Å². The van der Waals surface area contributed by atoms with E-state index in [1.165, 1.54) is 12.1 Å². The average molecular weight is 325 g/mol. The van der Waals surface area contributed by atoms with Gasteiger partial charge in [0.05, 0.1) is 11.4 Å². The summed E-state index contributed by atoms with van der Waals surface area (Å²) in [6.07, 6.45) is 0. The Labute approximate surface area is 139 Å². The first kappa shape index (κ1) is 15.3. The van der Waals surface area contributed by atoms with Crippen LogP contribution >= 0.6 is 11.6 Å². The highest BCUT2D eigenvalue weighted by Gasteiger charge is 2.07. The van der Waals surface area contributed by atoms with Crippen LogP contribution in [-0.4, -0.2) is 5.71 Å². The number of benzene rings is 3. The van der Waals surface area contributed by atoms with Crippen molar-refractivity contribution in [1.29, 1.82) is 0 Å². The number of hydrazone groups is 1. The Kier molecular flexibility index (Phi) is 4.69. The molecule has 0 aliphatic carbocycles. The summed E-state index contributed by atoms with van der Waals surface area (Å²) < 4.78 is 13.0. The molecule has 3 rings (SSSR count). The van der Waals surface area contributed by atoms with Gasteiger partial charge in [-0.15, -0.1) is 0 Å². The Morgan fingerprint density at radius 1 is 0.783 bits per heavy atom. The number of hydrogen-bond donors (Lipinski definition) is 1. The Bertz CT molecular complexity index is 797. The molecule has 0 aliphatic rings. The SMILES string of the molecule is Fc1ccc(N/N=C(/c2ccccc2)c2ccc(Cl)cc2)cc1. The molecule has 3 aromatic rings. The number of rotatable bonds is 4. The zero-order valence-corrected chi connectivity index (χ0v) is 13.0. The first-order valence-corrected chi connectivity index (χ1v) is 7.51. The van der Waals surface area contributed by atoms with Crippen LogP contribution < -0.4 is 5.43 Å². The lowest BCUT2D eigenvalue weighted by Gasteiger charge is -2.09. The molecule has 0 spiro atoms. The summed E-state index contributed by atoms with van der Waals surface area (Å²) in [4.78, 5) is 0. The fourth-order valence-electron chi connectivity index (χ4n) is 2.14. The van der Waals surface area contributed by atoms with Crippen LogP contribution in [0, 0.1) is 5.82 Å². The van der Waals surface area contributed by atoms with Crippen LogP contribution in [0.25, 0.3) is 0 Å². The molecule has 0 radical (unpaired) electrons. The largest absolute Gasteiger partial charge is 0.278 e. The van der Waals surface area contributed by atoms with Crippen LogP contribution in [0.4, 0.5) is 10.1 Å². The van der Waals surface area contributed by atoms with Gasteiger partial charge in [-0.25, -0.2) is 4.39 Å². The Morgan fingerprint density at radius 2 is 1.39 bits per heavy atom. The molecule has 0 bridgehead atoms. The number of halogens is 2. The molecule has 0 amide bonds. The molecule has 3 aromatic carbocycles. The van der Waals surface area contributed by atoms with E-state index in [4.69, 9.17) is 11.6 Å². The Morgan fingerprint density at radius 3 is 2.04 bits per heavy atom. The molecule has 0 atom stereocenters. The van der Waals surface area contributed by atoms with Crippen molar-refractivity contribution in [3.8, 4) is 0 Å². The van der Waals surface area contributed by atoms with Crippen molar-refractivity contribution >= 4 is 23.0 Å². The summed E-state index contributed by atoms with van der Waals surface area (Å²) in [5.74, 6) is -0.277. The van der Waals surface area contributed by atoms with Crippen LogP contribution in [0.1, 0.15) is 11.1 Å². The minimum Gasteiger partial charge on any atom is -0.278 e. The van der Waals surface area contributed by atoms with Gasteiger partial charge in [0.15, 0.2) is 0 Å². The van der Waals surface area contributed by atoms with Crippen molar-refractivity contribution in [2.75, 3.05) is 5.43 Å². The molecule has 2 nitrogen and oxygen atoms in total. The van der Waals surface area contributed by atoms with Gasteiger partial charge in [-0.1, -0.05) is 54.1 Å². The fourth-order valence-corrected chi connectivity index (χ4v) is 2.27. The van der Waals surface area contributed by atoms with E-state index in [1.54, 1.807) is 12.1 Å². The van der Waals surface area contributed by atoms with E-state index >= 15 is 0 Å². The summed E-state index contributed by atoms with van der Waals surface area (Å²) >= 11 is 5.96. The van der Waals surface area contributed by atoms with E-state index in [-0.39, 0.29) is 5.82 Å². The minimum atomic E-state index is -0.277. The van der Waals surface area contributed by atoms with E-state index in [2.05, 4.69) is 10.5 Å². The Hall–Kier alpha value is -2.65. The third-order valence-electron chi connectivity index (χ3n) is 3.31. The minimum absolute atomic E-state index is 0.277. The summed E-state index contributed by atoms with van der Waals surface area (Å²) in [5, 5.41) is 5.17. The van der Waals surface area contributed by atoms with Gasteiger partial charge in [0.1, 0.15) is 5.82 Å². The Balaban J connectivity index is 1.96. The van der Waals surface area contributed by atoms with Crippen LogP contribution in [0.3, 0.4) is 0 Å². The second kappa shape index (κ2) is 7.07. The lowest BCUT2D eigenvalue weighted by atomic mass is 10.0. The van der Waals surface area contributed by atoms with E-state index in [1.807, 2.05) is 54.6 Å². The van der Waals surface area contributed by atoms with Gasteiger partial charge >= 0.3 is 0 Å². The van der Waals surface area contributed by atoms with Gasteiger partial charge in [-0.3, -0.25) is 5.43 Å². The third kappa shape index (κ3) is 3.96. The van der Waals surface area contributed by atoms with Gasteiger partial charge in [0.2, 0.25) is 0 Å². The first-order chi connectivity index (χ1) is 11.2. The van der Waals surface area contributed by atoms with E-state index in [0.29, 0.717) is 10.7 Å². The van der Waals surface area contributed by atoms with Crippen molar-refractivity contribution in [1.82, 2.24) is 0 Å². The highest BCUT2D eigenvalue weighted by atomic mass is 35.5. The maximum Gasteiger partial charge on any atom is 0.123 e. The lowest BCUT2D eigenvalue weighted by Crippen LogP contribution is -2.06. The van der Waals surface area contributed by atoms with Gasteiger partial charge in [0.25, 0.3) is 0 Å². The van der Waals surface area contributed by atoms with E-state index in [0.717, 1.165) is 16.8 Å². The molecule has 0 unspecified atom stereocenters. The van der Waals surface area contributed by atoms with Crippen molar-refractivity contribution in [3.05, 3.63) is 101 Å². The second-order valence-electron chi connectivity index (χ2n) is 4.95. The van der Waals surface area contributed by atoms with E-state index < -0.39 is 0 Å². The van der Waals surface area contributed by atoms with E-state index in [9.17, 15) is 4.39 Å². The molecule has 0 saturated heterocycles. The molecule has 114 valence electrons. The van der Waals surface area contributed by atoms with Crippen LogP contribution in [-0.2, 0) is 0 Å². The highest BCUT2D eigenvalue weighted by Crippen LogP contribution is 2.16. The van der Waals surface area contributed by atoms with Gasteiger partial charge in [0, 0.05) is 16.1 Å². The zero-order chi connectivity index (χ0) is 16.1. The van der Waals surface area contributed by atoms with Crippen molar-refractivity contribution in [2.24, 2.45) is 5.10 Å². The molecule has 0 saturated carbocycles. The third-order valence-corrected chi connectivity index (χ3v) is 3.56. The van der Waals surface area contributed by atoms with Gasteiger partial charge < -0.3 is 0 Å². The molecule has 0 heterocycles. The van der Waals surface area contributed by atoms with Crippen LogP contribution in [0.2, 0.25) is 5.02 Å². The lowest BCUT2D eigenvalue weighted by molar-refractivity contribution is 0.628. The number of nitrogens with one attached hydrogen (secondary N) is 1. The maximum atomic E-state index is 13.0. The maximum absolute atomic E-state index is 13.0. The fraction of sp³-hybridized carbons (Fsp3) is 0. The summed E-state index contributed by atoms with van der Waals surface area (Å²) in [6.45, 7) is 0. The highest BCUT2D eigenvalue weighted by molar-refractivity contribution is 6.30. The molecule has 4 heteroatoms. The summed E-state index contributed by atoms with van der Waals surface area (Å²) in [5.41, 5.74) is 6.39. The second-order valence-corrected chi connectivity index (χ2v) is 5.39. The summed E-state index contributed by atoms with van der Waals surface area (Å²) in [7, 11) is 0. The van der Waals surface area contributed by atoms with Crippen LogP contribution in [0.15, 0.2) is 84.0 Å². The summed E-state index contributed by atoms with van der Waals surface area (Å²) in [6, 6.07) is 23.4. The standard InChI is InChI=1S/C19H14ClFN2/c20-16-8-6-15(7-9-16)19(14-4-2-1-3-5-14)23-22-18-12-10-17(21)11-13-18/h1-13,22H/b23-19-. The van der Waals surface area contributed by atoms with Crippen molar-refractivity contribution in [3.63, 3.8) is 0 Å². The predicted molar refractivity (Wildman–Crippen MR) is 93.6 cm³/mol. The topological polar surface area (TPSA) is 24.4 Å². The molecule has 0 aliphatic heterocycles. The predicted octanol–water partition coefficient (Wildman–Crippen LogP) is 5.34. The molecule has 0 aromatic heterocycles. The number of hydrogen-bond acceptors (Lipinski definition) is 2. The zero-order valence-electron chi connectivity index (χ0n) is 12.2. The normalized spacial score (nSPS) is 11.3.